The van der Waals surface area contributed by atoms with E-state index in [4.69, 9.17) is 10.5 Å². The van der Waals surface area contributed by atoms with E-state index in [2.05, 4.69) is 48.1 Å². The number of ether oxygens (including phenoxy) is 1. The Morgan fingerprint density at radius 2 is 1.80 bits per heavy atom. The van der Waals surface area contributed by atoms with E-state index in [1.807, 2.05) is 36.4 Å². The molecule has 0 fully saturated rings. The van der Waals surface area contributed by atoms with E-state index < -0.39 is 0 Å². The number of nitrogens with two attached hydrogens (primary N) is 1. The quantitative estimate of drug-likeness (QED) is 0.759. The van der Waals surface area contributed by atoms with Crippen LogP contribution < -0.4 is 10.5 Å². The molecular weight excluding hydrogens is 312 g/mol. The molecule has 0 amide bonds. The summed E-state index contributed by atoms with van der Waals surface area (Å²) in [5.41, 5.74) is 9.61. The van der Waals surface area contributed by atoms with Crippen LogP contribution in [0.4, 0.5) is 0 Å². The molecule has 0 aliphatic rings. The number of methoxy groups -OCH3 is 1. The Morgan fingerprint density at radius 1 is 1.08 bits per heavy atom. The molecule has 25 heavy (non-hydrogen) atoms. The van der Waals surface area contributed by atoms with Gasteiger partial charge >= 0.3 is 0 Å². The lowest BCUT2D eigenvalue weighted by atomic mass is 9.87. The van der Waals surface area contributed by atoms with Gasteiger partial charge in [0.2, 0.25) is 0 Å². The Kier molecular flexibility index (Phi) is 4.59. The zero-order chi connectivity index (χ0) is 18.0. The molecule has 1 aromatic heterocycles. The fourth-order valence-corrected chi connectivity index (χ4v) is 2.65. The molecule has 1 atom stereocenters. The number of nitrogens with one attached hydrogen (secondary N) is 1. The Balaban J connectivity index is 1.84. The highest BCUT2D eigenvalue weighted by atomic mass is 16.5. The number of H-pyrrole nitrogens is 1. The maximum atomic E-state index is 6.32. The van der Waals surface area contributed by atoms with Crippen LogP contribution in [0.3, 0.4) is 0 Å². The van der Waals surface area contributed by atoms with Gasteiger partial charge in [-0.05, 0) is 28.7 Å². The zero-order valence-corrected chi connectivity index (χ0v) is 15.1. The lowest BCUT2D eigenvalue weighted by Crippen LogP contribution is -2.13. The Morgan fingerprint density at radius 3 is 2.44 bits per heavy atom. The van der Waals surface area contributed by atoms with Gasteiger partial charge in [-0.2, -0.15) is 5.10 Å². The second-order valence-electron chi connectivity index (χ2n) is 7.13. The number of aromatic nitrogens is 3. The highest BCUT2D eigenvalue weighted by Crippen LogP contribution is 2.26. The van der Waals surface area contributed by atoms with Crippen molar-refractivity contribution in [2.45, 2.75) is 32.2 Å². The van der Waals surface area contributed by atoms with Crippen LogP contribution in [0.1, 0.15) is 43.8 Å². The molecule has 0 radical (unpaired) electrons. The van der Waals surface area contributed by atoms with Crippen LogP contribution in [0.5, 0.6) is 5.75 Å². The first-order valence-corrected chi connectivity index (χ1v) is 8.31. The molecule has 3 aromatic rings. The summed E-state index contributed by atoms with van der Waals surface area (Å²) in [4.78, 5) is 4.57. The summed E-state index contributed by atoms with van der Waals surface area (Å²) in [6, 6.07) is 15.6. The van der Waals surface area contributed by atoms with E-state index in [9.17, 15) is 0 Å². The van der Waals surface area contributed by atoms with Crippen molar-refractivity contribution < 1.29 is 4.74 Å². The Hall–Kier alpha value is -2.66. The smallest absolute Gasteiger partial charge is 0.181 e. The Bertz CT molecular complexity index is 847. The molecular formula is C20H24N4O. The minimum absolute atomic E-state index is 0.122. The number of rotatable bonds is 4. The van der Waals surface area contributed by atoms with Gasteiger partial charge in [-0.15, -0.1) is 0 Å². The van der Waals surface area contributed by atoms with Gasteiger partial charge in [0.25, 0.3) is 0 Å². The van der Waals surface area contributed by atoms with Crippen LogP contribution in [0.2, 0.25) is 0 Å². The van der Waals surface area contributed by atoms with Crippen LogP contribution in [-0.4, -0.2) is 22.3 Å². The predicted octanol–water partition coefficient (Wildman–Crippen LogP) is 3.83. The molecule has 0 spiro atoms. The molecule has 0 saturated carbocycles. The predicted molar refractivity (Wildman–Crippen MR) is 99.5 cm³/mol. The van der Waals surface area contributed by atoms with E-state index >= 15 is 0 Å². The van der Waals surface area contributed by atoms with Crippen molar-refractivity contribution in [3.05, 3.63) is 65.5 Å². The minimum atomic E-state index is -0.384. The summed E-state index contributed by atoms with van der Waals surface area (Å²) in [6.45, 7) is 6.58. The van der Waals surface area contributed by atoms with Gasteiger partial charge in [0.1, 0.15) is 11.6 Å². The van der Waals surface area contributed by atoms with Crippen molar-refractivity contribution in [1.29, 1.82) is 0 Å². The van der Waals surface area contributed by atoms with Gasteiger partial charge in [0, 0.05) is 5.56 Å². The van der Waals surface area contributed by atoms with Crippen molar-refractivity contribution in [2.75, 3.05) is 7.11 Å². The lowest BCUT2D eigenvalue weighted by Gasteiger charge is -2.18. The monoisotopic (exact) mass is 336 g/mol. The van der Waals surface area contributed by atoms with Crippen LogP contribution in [0, 0.1) is 0 Å². The molecule has 0 aliphatic heterocycles. The molecule has 0 aliphatic carbocycles. The highest BCUT2D eigenvalue weighted by Gasteiger charge is 2.17. The molecule has 5 nitrogen and oxygen atoms in total. The largest absolute Gasteiger partial charge is 0.497 e. The van der Waals surface area contributed by atoms with E-state index in [0.717, 1.165) is 16.9 Å². The number of aromatic amines is 1. The SMILES string of the molecule is COc1cccc([C@H](N)c2nc(-c3ccc(C(C)(C)C)cc3)n[nH]2)c1. The fourth-order valence-electron chi connectivity index (χ4n) is 2.65. The normalized spacial score (nSPS) is 12.8. The third-order valence-corrected chi connectivity index (χ3v) is 4.26. The summed E-state index contributed by atoms with van der Waals surface area (Å²) in [5, 5.41) is 7.28. The van der Waals surface area contributed by atoms with E-state index in [0.29, 0.717) is 11.6 Å². The van der Waals surface area contributed by atoms with Crippen LogP contribution in [-0.2, 0) is 5.41 Å². The highest BCUT2D eigenvalue weighted by molar-refractivity contribution is 5.55. The zero-order valence-electron chi connectivity index (χ0n) is 15.1. The first-order chi connectivity index (χ1) is 11.9. The van der Waals surface area contributed by atoms with Crippen molar-refractivity contribution >= 4 is 0 Å². The summed E-state index contributed by atoms with van der Waals surface area (Å²) < 4.78 is 5.25. The summed E-state index contributed by atoms with van der Waals surface area (Å²) in [6.07, 6.45) is 0. The van der Waals surface area contributed by atoms with Gasteiger partial charge in [-0.1, -0.05) is 57.2 Å². The van der Waals surface area contributed by atoms with E-state index in [1.54, 1.807) is 7.11 Å². The Labute approximate surface area is 148 Å². The van der Waals surface area contributed by atoms with Crippen molar-refractivity contribution in [1.82, 2.24) is 15.2 Å². The van der Waals surface area contributed by atoms with Gasteiger partial charge in [-0.25, -0.2) is 4.98 Å². The third kappa shape index (κ3) is 3.72. The fraction of sp³-hybridized carbons (Fsp3) is 0.300. The first-order valence-electron chi connectivity index (χ1n) is 8.31. The van der Waals surface area contributed by atoms with Gasteiger partial charge in [0.15, 0.2) is 5.82 Å². The van der Waals surface area contributed by atoms with Gasteiger partial charge < -0.3 is 10.5 Å². The van der Waals surface area contributed by atoms with E-state index in [1.165, 1.54) is 5.56 Å². The van der Waals surface area contributed by atoms with Crippen molar-refractivity contribution in [2.24, 2.45) is 5.73 Å². The topological polar surface area (TPSA) is 76.8 Å². The number of benzene rings is 2. The summed E-state index contributed by atoms with van der Waals surface area (Å²) in [7, 11) is 1.64. The molecule has 0 bridgehead atoms. The molecule has 2 aromatic carbocycles. The molecule has 0 saturated heterocycles. The second kappa shape index (κ2) is 6.69. The van der Waals surface area contributed by atoms with Crippen LogP contribution in [0.25, 0.3) is 11.4 Å². The molecule has 5 heteroatoms. The number of hydrogen-bond acceptors (Lipinski definition) is 4. The minimum Gasteiger partial charge on any atom is -0.497 e. The second-order valence-corrected chi connectivity index (χ2v) is 7.13. The molecule has 3 N–H and O–H groups in total. The number of nitrogens with zero attached hydrogens (tertiary/aromatic N) is 2. The van der Waals surface area contributed by atoms with Crippen molar-refractivity contribution in [3.8, 4) is 17.1 Å². The summed E-state index contributed by atoms with van der Waals surface area (Å²) in [5.74, 6) is 2.04. The molecule has 3 rings (SSSR count). The molecule has 1 heterocycles. The lowest BCUT2D eigenvalue weighted by molar-refractivity contribution is 0.414. The van der Waals surface area contributed by atoms with Crippen LogP contribution >= 0.6 is 0 Å². The van der Waals surface area contributed by atoms with Gasteiger partial charge in [-0.3, -0.25) is 5.10 Å². The summed E-state index contributed by atoms with van der Waals surface area (Å²) >= 11 is 0. The van der Waals surface area contributed by atoms with E-state index in [-0.39, 0.29) is 11.5 Å². The average Bonchev–Trinajstić information content (AvgIpc) is 3.10. The average molecular weight is 336 g/mol. The van der Waals surface area contributed by atoms with Gasteiger partial charge in [0.05, 0.1) is 13.2 Å². The van der Waals surface area contributed by atoms with Crippen molar-refractivity contribution in [3.63, 3.8) is 0 Å². The maximum Gasteiger partial charge on any atom is 0.181 e. The molecule has 130 valence electrons. The van der Waals surface area contributed by atoms with Crippen LogP contribution in [0.15, 0.2) is 48.5 Å². The standard InChI is InChI=1S/C20H24N4O/c1-20(2,3)15-10-8-13(9-11-15)18-22-19(24-23-18)17(21)14-6-5-7-16(12-14)25-4/h5-12,17H,21H2,1-4H3,(H,22,23,24)/t17-/m0/s1. The third-order valence-electron chi connectivity index (χ3n) is 4.26. The molecule has 0 unspecified atom stereocenters. The number of hydrogen-bond donors (Lipinski definition) is 2. The first kappa shape index (κ1) is 17.2. The maximum absolute atomic E-state index is 6.32.